The maximum absolute atomic E-state index is 5.57. The Morgan fingerprint density at radius 3 is 2.93 bits per heavy atom. The third kappa shape index (κ3) is 3.56. The van der Waals surface area contributed by atoms with Gasteiger partial charge in [-0.2, -0.15) is 0 Å². The lowest BCUT2D eigenvalue weighted by Gasteiger charge is -2.20. The quantitative estimate of drug-likeness (QED) is 0.675. The van der Waals surface area contributed by atoms with Crippen LogP contribution in [-0.4, -0.2) is 32.3 Å². The van der Waals surface area contributed by atoms with Gasteiger partial charge >= 0.3 is 0 Å². The Morgan fingerprint density at radius 1 is 1.50 bits per heavy atom. The van der Waals surface area contributed by atoms with Gasteiger partial charge < -0.3 is 15.8 Å². The van der Waals surface area contributed by atoms with Gasteiger partial charge in [0.25, 0.3) is 0 Å². The van der Waals surface area contributed by atoms with Crippen LogP contribution in [0.15, 0.2) is 0 Å². The molecule has 1 rings (SSSR count). The largest absolute Gasteiger partial charge is 0.380 e. The Labute approximate surface area is 87.4 Å². The molecule has 0 aromatic carbocycles. The van der Waals surface area contributed by atoms with Crippen molar-refractivity contribution in [3.63, 3.8) is 0 Å². The zero-order valence-electron chi connectivity index (χ0n) is 9.46. The number of hydrogen-bond donors (Lipinski definition) is 2. The molecule has 1 saturated carbocycles. The molecule has 1 aliphatic carbocycles. The second kappa shape index (κ2) is 6.38. The smallest absolute Gasteiger partial charge is 0.0724 e. The molecular weight excluding hydrogens is 176 g/mol. The lowest BCUT2D eigenvalue weighted by Crippen LogP contribution is -2.38. The summed E-state index contributed by atoms with van der Waals surface area (Å²) < 4.78 is 5.42. The van der Waals surface area contributed by atoms with E-state index in [0.717, 1.165) is 13.1 Å². The number of methoxy groups -OCH3 is 1. The molecule has 0 heterocycles. The van der Waals surface area contributed by atoms with Crippen molar-refractivity contribution in [1.29, 1.82) is 0 Å². The molecule has 0 aliphatic heterocycles. The molecule has 84 valence electrons. The normalized spacial score (nSPS) is 29.4. The topological polar surface area (TPSA) is 47.3 Å². The van der Waals surface area contributed by atoms with Gasteiger partial charge in [-0.25, -0.2) is 0 Å². The minimum atomic E-state index is 0.434. The Balaban J connectivity index is 2.11. The van der Waals surface area contributed by atoms with Gasteiger partial charge in [0, 0.05) is 13.2 Å². The summed E-state index contributed by atoms with van der Waals surface area (Å²) >= 11 is 0. The van der Waals surface area contributed by atoms with Gasteiger partial charge in [-0.3, -0.25) is 0 Å². The van der Waals surface area contributed by atoms with Gasteiger partial charge in [0.15, 0.2) is 0 Å². The highest BCUT2D eigenvalue weighted by Crippen LogP contribution is 2.21. The van der Waals surface area contributed by atoms with E-state index in [0.29, 0.717) is 18.1 Å². The molecule has 3 N–H and O–H groups in total. The van der Waals surface area contributed by atoms with Gasteiger partial charge in [0.1, 0.15) is 0 Å². The second-order valence-corrected chi connectivity index (χ2v) is 4.40. The first kappa shape index (κ1) is 12.0. The van der Waals surface area contributed by atoms with E-state index >= 15 is 0 Å². The van der Waals surface area contributed by atoms with E-state index in [1.165, 1.54) is 25.7 Å². The van der Waals surface area contributed by atoms with Crippen LogP contribution in [0.4, 0.5) is 0 Å². The number of rotatable bonds is 6. The molecule has 0 amide bonds. The van der Waals surface area contributed by atoms with Crippen molar-refractivity contribution in [2.24, 2.45) is 11.7 Å². The van der Waals surface area contributed by atoms with Crippen molar-refractivity contribution >= 4 is 0 Å². The lowest BCUT2D eigenvalue weighted by atomic mass is 10.1. The van der Waals surface area contributed by atoms with Crippen LogP contribution in [0.25, 0.3) is 0 Å². The van der Waals surface area contributed by atoms with Crippen molar-refractivity contribution in [2.75, 3.05) is 20.2 Å². The SMILES string of the molecule is COC1CCCC1NCCC(C)CN. The third-order valence-electron chi connectivity index (χ3n) is 3.20. The van der Waals surface area contributed by atoms with Crippen LogP contribution in [0.5, 0.6) is 0 Å². The summed E-state index contributed by atoms with van der Waals surface area (Å²) in [7, 11) is 1.81. The van der Waals surface area contributed by atoms with Crippen LogP contribution in [-0.2, 0) is 4.74 Å². The molecule has 0 spiro atoms. The van der Waals surface area contributed by atoms with Crippen LogP contribution in [0.1, 0.15) is 32.6 Å². The lowest BCUT2D eigenvalue weighted by molar-refractivity contribution is 0.0849. The van der Waals surface area contributed by atoms with Crippen LogP contribution < -0.4 is 11.1 Å². The van der Waals surface area contributed by atoms with E-state index in [2.05, 4.69) is 12.2 Å². The highest BCUT2D eigenvalue weighted by Gasteiger charge is 2.26. The molecule has 0 bridgehead atoms. The van der Waals surface area contributed by atoms with Gasteiger partial charge in [0.05, 0.1) is 6.10 Å². The number of ether oxygens (including phenoxy) is 1. The van der Waals surface area contributed by atoms with E-state index in [9.17, 15) is 0 Å². The van der Waals surface area contributed by atoms with Crippen molar-refractivity contribution in [3.8, 4) is 0 Å². The standard InChI is InChI=1S/C11H24N2O/c1-9(8-12)6-7-13-10-4-3-5-11(10)14-2/h9-11,13H,3-8,12H2,1-2H3. The first-order valence-corrected chi connectivity index (χ1v) is 5.74. The fraction of sp³-hybridized carbons (Fsp3) is 1.00. The molecule has 0 saturated heterocycles. The minimum Gasteiger partial charge on any atom is -0.380 e. The van der Waals surface area contributed by atoms with Crippen LogP contribution >= 0.6 is 0 Å². The summed E-state index contributed by atoms with van der Waals surface area (Å²) in [5, 5.41) is 3.57. The molecule has 0 aromatic heterocycles. The summed E-state index contributed by atoms with van der Waals surface area (Å²) in [6.45, 7) is 4.06. The summed E-state index contributed by atoms with van der Waals surface area (Å²) in [5.41, 5.74) is 5.57. The fourth-order valence-electron chi connectivity index (χ4n) is 2.07. The van der Waals surface area contributed by atoms with Gasteiger partial charge in [-0.05, 0) is 44.7 Å². The molecule has 3 unspecified atom stereocenters. The van der Waals surface area contributed by atoms with Crippen LogP contribution in [0, 0.1) is 5.92 Å². The predicted molar refractivity (Wildman–Crippen MR) is 59.3 cm³/mol. The third-order valence-corrected chi connectivity index (χ3v) is 3.20. The first-order valence-electron chi connectivity index (χ1n) is 5.74. The molecule has 3 heteroatoms. The molecular formula is C11H24N2O. The molecule has 3 nitrogen and oxygen atoms in total. The van der Waals surface area contributed by atoms with E-state index in [-0.39, 0.29) is 0 Å². The summed E-state index contributed by atoms with van der Waals surface area (Å²) in [4.78, 5) is 0. The van der Waals surface area contributed by atoms with Crippen molar-refractivity contribution in [1.82, 2.24) is 5.32 Å². The maximum Gasteiger partial charge on any atom is 0.0724 e. The van der Waals surface area contributed by atoms with Gasteiger partial charge in [-0.15, -0.1) is 0 Å². The van der Waals surface area contributed by atoms with E-state index in [4.69, 9.17) is 10.5 Å². The summed E-state index contributed by atoms with van der Waals surface area (Å²) in [5.74, 6) is 0.630. The van der Waals surface area contributed by atoms with Gasteiger partial charge in [-0.1, -0.05) is 6.92 Å². The zero-order chi connectivity index (χ0) is 10.4. The summed E-state index contributed by atoms with van der Waals surface area (Å²) in [6, 6.07) is 0.574. The Kier molecular flexibility index (Phi) is 5.45. The monoisotopic (exact) mass is 200 g/mol. The number of hydrogen-bond acceptors (Lipinski definition) is 3. The van der Waals surface area contributed by atoms with Crippen molar-refractivity contribution in [2.45, 2.75) is 44.8 Å². The average Bonchev–Trinajstić information content (AvgIpc) is 2.65. The molecule has 0 radical (unpaired) electrons. The molecule has 3 atom stereocenters. The first-order chi connectivity index (χ1) is 6.77. The molecule has 1 aliphatic rings. The van der Waals surface area contributed by atoms with Crippen molar-refractivity contribution in [3.05, 3.63) is 0 Å². The van der Waals surface area contributed by atoms with E-state index in [1.54, 1.807) is 0 Å². The highest BCUT2D eigenvalue weighted by molar-refractivity contribution is 4.83. The number of nitrogens with one attached hydrogen (secondary N) is 1. The fourth-order valence-corrected chi connectivity index (χ4v) is 2.07. The van der Waals surface area contributed by atoms with Crippen LogP contribution in [0.3, 0.4) is 0 Å². The number of nitrogens with two attached hydrogens (primary N) is 1. The Morgan fingerprint density at radius 2 is 2.29 bits per heavy atom. The van der Waals surface area contributed by atoms with Gasteiger partial charge in [0.2, 0.25) is 0 Å². The summed E-state index contributed by atoms with van der Waals surface area (Å²) in [6.07, 6.45) is 5.37. The van der Waals surface area contributed by atoms with E-state index in [1.807, 2.05) is 7.11 Å². The Hall–Kier alpha value is -0.120. The highest BCUT2D eigenvalue weighted by atomic mass is 16.5. The zero-order valence-corrected chi connectivity index (χ0v) is 9.46. The van der Waals surface area contributed by atoms with Crippen LogP contribution in [0.2, 0.25) is 0 Å². The molecule has 14 heavy (non-hydrogen) atoms. The second-order valence-electron chi connectivity index (χ2n) is 4.40. The predicted octanol–water partition coefficient (Wildman–Crippen LogP) is 1.13. The van der Waals surface area contributed by atoms with E-state index < -0.39 is 0 Å². The Bertz CT molecular complexity index is 152. The van der Waals surface area contributed by atoms with Crippen molar-refractivity contribution < 1.29 is 4.74 Å². The minimum absolute atomic E-state index is 0.434. The molecule has 0 aromatic rings. The average molecular weight is 200 g/mol. The maximum atomic E-state index is 5.57. The molecule has 1 fully saturated rings.